The van der Waals surface area contributed by atoms with Crippen LogP contribution in [0.2, 0.25) is 0 Å². The van der Waals surface area contributed by atoms with Crippen molar-refractivity contribution < 1.29 is 4.74 Å². The molecule has 0 bridgehead atoms. The summed E-state index contributed by atoms with van der Waals surface area (Å²) >= 11 is 0. The summed E-state index contributed by atoms with van der Waals surface area (Å²) in [6, 6.07) is 32.3. The molecule has 13 rings (SSSR count). The van der Waals surface area contributed by atoms with Gasteiger partial charge in [-0.1, -0.05) is 146 Å². The number of rotatable bonds is 5. The lowest BCUT2D eigenvalue weighted by Gasteiger charge is -2.35. The molecule has 3 atom stereocenters. The van der Waals surface area contributed by atoms with Crippen molar-refractivity contribution in [1.29, 1.82) is 0 Å². The maximum atomic E-state index is 6.64. The summed E-state index contributed by atoms with van der Waals surface area (Å²) in [7, 11) is 0. The molecule has 3 unspecified atom stereocenters. The summed E-state index contributed by atoms with van der Waals surface area (Å²) in [6.07, 6.45) is 38.0. The summed E-state index contributed by atoms with van der Waals surface area (Å²) in [5.74, 6) is 1.70. The van der Waals surface area contributed by atoms with E-state index in [1.807, 2.05) is 0 Å². The first-order valence-electron chi connectivity index (χ1n) is 21.8. The highest BCUT2D eigenvalue weighted by Crippen LogP contribution is 2.63. The molecule has 0 aromatic heterocycles. The average Bonchev–Trinajstić information content (AvgIpc) is 3.80. The minimum absolute atomic E-state index is 0.103. The van der Waals surface area contributed by atoms with Crippen molar-refractivity contribution in [2.45, 2.75) is 51.0 Å². The Kier molecular flexibility index (Phi) is 7.41. The monoisotopic (exact) mass is 756 g/mol. The molecule has 8 aliphatic carbocycles. The maximum absolute atomic E-state index is 6.64. The molecule has 0 fully saturated rings. The number of allylic oxidation sites excluding steroid dienone is 20. The number of hydrogen-bond donors (Lipinski definition) is 0. The Morgan fingerprint density at radius 3 is 2.20 bits per heavy atom. The molecule has 0 saturated carbocycles. The van der Waals surface area contributed by atoms with Gasteiger partial charge in [0, 0.05) is 24.7 Å². The molecule has 0 amide bonds. The molecule has 8 aliphatic rings. The van der Waals surface area contributed by atoms with E-state index in [9.17, 15) is 0 Å². The van der Waals surface area contributed by atoms with E-state index in [4.69, 9.17) is 4.74 Å². The van der Waals surface area contributed by atoms with E-state index in [-0.39, 0.29) is 12.0 Å². The number of ether oxygens (including phenoxy) is 1. The molecule has 0 radical (unpaired) electrons. The van der Waals surface area contributed by atoms with Gasteiger partial charge in [0.05, 0.1) is 5.76 Å². The molecule has 0 N–H and O–H groups in total. The van der Waals surface area contributed by atoms with Crippen LogP contribution in [0.15, 0.2) is 192 Å². The van der Waals surface area contributed by atoms with Gasteiger partial charge in [-0.15, -0.1) is 0 Å². The molecule has 1 nitrogen and oxygen atoms in total. The summed E-state index contributed by atoms with van der Waals surface area (Å²) in [5, 5.41) is 5.49. The fourth-order valence-corrected chi connectivity index (χ4v) is 11.9. The zero-order valence-corrected chi connectivity index (χ0v) is 33.2. The zero-order chi connectivity index (χ0) is 38.6. The van der Waals surface area contributed by atoms with E-state index in [0.29, 0.717) is 5.92 Å². The van der Waals surface area contributed by atoms with Crippen molar-refractivity contribution in [1.82, 2.24) is 0 Å². The normalized spacial score (nSPS) is 23.1. The van der Waals surface area contributed by atoms with Crippen molar-refractivity contribution in [3.63, 3.8) is 0 Å². The lowest BCUT2D eigenvalue weighted by molar-refractivity contribution is 0.148. The Labute approximate surface area is 346 Å². The van der Waals surface area contributed by atoms with Gasteiger partial charge < -0.3 is 4.74 Å². The molecule has 0 saturated heterocycles. The molecular weight excluding hydrogens is 713 g/mol. The van der Waals surface area contributed by atoms with Crippen LogP contribution in [0, 0.1) is 11.8 Å². The minimum atomic E-state index is 0.103. The molecule has 59 heavy (non-hydrogen) atoms. The van der Waals surface area contributed by atoms with Gasteiger partial charge in [0.1, 0.15) is 6.10 Å². The fraction of sp³-hybridized carbons (Fsp3) is 0.172. The molecule has 5 aromatic rings. The summed E-state index contributed by atoms with van der Waals surface area (Å²) in [5.41, 5.74) is 22.9. The van der Waals surface area contributed by atoms with Crippen molar-refractivity contribution in [2.24, 2.45) is 11.8 Å². The number of fused-ring (bicyclic) bond motifs is 8. The van der Waals surface area contributed by atoms with Crippen LogP contribution in [0.3, 0.4) is 0 Å². The second kappa shape index (κ2) is 13.0. The second-order valence-electron chi connectivity index (χ2n) is 17.4. The molecular formula is C58H44O. The Hall–Kier alpha value is -6.44. The van der Waals surface area contributed by atoms with Gasteiger partial charge >= 0.3 is 0 Å². The van der Waals surface area contributed by atoms with Crippen LogP contribution in [0.1, 0.15) is 67.2 Å². The largest absolute Gasteiger partial charge is 0.490 e. The van der Waals surface area contributed by atoms with E-state index in [1.165, 1.54) is 105 Å². The van der Waals surface area contributed by atoms with E-state index < -0.39 is 0 Å². The van der Waals surface area contributed by atoms with Crippen LogP contribution in [0.5, 0.6) is 0 Å². The topological polar surface area (TPSA) is 9.23 Å². The molecule has 1 heteroatoms. The van der Waals surface area contributed by atoms with Gasteiger partial charge in [-0.25, -0.2) is 0 Å². The van der Waals surface area contributed by atoms with Crippen LogP contribution < -0.4 is 0 Å². The van der Waals surface area contributed by atoms with Crippen LogP contribution >= 0.6 is 0 Å². The van der Waals surface area contributed by atoms with Gasteiger partial charge in [-0.2, -0.15) is 0 Å². The third-order valence-corrected chi connectivity index (χ3v) is 14.3. The Bertz CT molecular complexity index is 3070. The highest BCUT2D eigenvalue weighted by atomic mass is 16.5. The van der Waals surface area contributed by atoms with Crippen molar-refractivity contribution in [3.8, 4) is 22.3 Å². The Balaban J connectivity index is 1.11. The second-order valence-corrected chi connectivity index (χ2v) is 17.4. The lowest BCUT2D eigenvalue weighted by atomic mass is 9.68. The van der Waals surface area contributed by atoms with Gasteiger partial charge in [0.15, 0.2) is 0 Å². The quantitative estimate of drug-likeness (QED) is 0.162. The predicted molar refractivity (Wildman–Crippen MR) is 247 cm³/mol. The van der Waals surface area contributed by atoms with Gasteiger partial charge in [0.2, 0.25) is 0 Å². The van der Waals surface area contributed by atoms with Crippen LogP contribution in [-0.2, 0) is 4.74 Å². The first-order valence-corrected chi connectivity index (χ1v) is 21.8. The maximum Gasteiger partial charge on any atom is 0.120 e. The van der Waals surface area contributed by atoms with E-state index in [0.717, 1.165) is 50.7 Å². The van der Waals surface area contributed by atoms with E-state index in [2.05, 4.69) is 164 Å². The molecule has 282 valence electrons. The average molecular weight is 757 g/mol. The third kappa shape index (κ3) is 4.97. The van der Waals surface area contributed by atoms with Crippen molar-refractivity contribution in [3.05, 3.63) is 214 Å². The standard InChI is InChI=1S/C58H44O/c1-5-15-35(16-6-1)38-27-28-39-32-50-55-43(47(39)31-38)23-13-26-46(55)57-52(36-17-7-2-8-18-36)51-34-49-42-30-29-41(59-40-21-11-4-12-22-40)33-48(42)44-24-14-25-45(54(44)49)56(51)53(58(50)57)37-19-9-3-10-20-37/h1-5,7-15,17-21,23-26,31-34,40,43,55H,6,16,22,27-30H2. The first kappa shape index (κ1) is 33.5. The van der Waals surface area contributed by atoms with Gasteiger partial charge in [-0.3, -0.25) is 0 Å². The van der Waals surface area contributed by atoms with Gasteiger partial charge in [0.25, 0.3) is 0 Å². The van der Waals surface area contributed by atoms with Crippen molar-refractivity contribution in [2.75, 3.05) is 0 Å². The predicted octanol–water partition coefficient (Wildman–Crippen LogP) is 15.0. The minimum Gasteiger partial charge on any atom is -0.490 e. The molecule has 0 spiro atoms. The summed E-state index contributed by atoms with van der Waals surface area (Å²) in [6.45, 7) is 0. The van der Waals surface area contributed by atoms with Gasteiger partial charge in [-0.05, 0) is 161 Å². The fourth-order valence-electron chi connectivity index (χ4n) is 11.9. The molecule has 0 aliphatic heterocycles. The van der Waals surface area contributed by atoms with Crippen LogP contribution in [0.25, 0.3) is 66.1 Å². The lowest BCUT2D eigenvalue weighted by Crippen LogP contribution is -2.22. The molecule has 5 aromatic carbocycles. The van der Waals surface area contributed by atoms with Crippen LogP contribution in [-0.4, -0.2) is 6.10 Å². The summed E-state index contributed by atoms with van der Waals surface area (Å²) in [4.78, 5) is 0. The highest BCUT2D eigenvalue weighted by Gasteiger charge is 2.45. The van der Waals surface area contributed by atoms with E-state index >= 15 is 0 Å². The van der Waals surface area contributed by atoms with Crippen LogP contribution in [0.4, 0.5) is 0 Å². The highest BCUT2D eigenvalue weighted by molar-refractivity contribution is 6.30. The number of hydrogen-bond acceptors (Lipinski definition) is 1. The number of benzene rings is 5. The SMILES string of the molecule is C1=CCCC(C2=CC3=C(C=C4c5c(c(-c6ccccc6)c6cc7c8c(cccc8c6c5-c5ccccc5)C5=C7CCC(OC6C=CC=CC6)=C5)C5=CC=CC3C54)CC2)=C1. The third-order valence-electron chi connectivity index (χ3n) is 14.3. The van der Waals surface area contributed by atoms with Crippen molar-refractivity contribution >= 4 is 43.8 Å². The molecule has 0 heterocycles. The first-order chi connectivity index (χ1) is 29.3. The Morgan fingerprint density at radius 2 is 1.39 bits per heavy atom. The smallest absolute Gasteiger partial charge is 0.120 e. The zero-order valence-electron chi connectivity index (χ0n) is 33.2. The van der Waals surface area contributed by atoms with E-state index in [1.54, 1.807) is 5.57 Å². The summed E-state index contributed by atoms with van der Waals surface area (Å²) < 4.78 is 6.64. The Morgan fingerprint density at radius 1 is 0.542 bits per heavy atom.